The monoisotopic (exact) mass is 543 g/mol. The lowest BCUT2D eigenvalue weighted by molar-refractivity contribution is -0.135. The Kier molecular flexibility index (Phi) is 7.70. The standard InChI is InChI=1S/C27H27Cl2N3O3S/c28-19-6-8-22(9-7-19)35-17-24-23-11-13-36-25(23)10-12-32(24)26(33)16-31(15-18-4-5-18)27(34)30-21-3-1-2-20(29)14-21/h1-3,6-9,11,13-14,18,24H,4-5,10,12,15-17H2,(H,30,34)/t24-/m0/s1. The number of amides is 3. The first-order valence-electron chi connectivity index (χ1n) is 12.0. The molecule has 0 saturated heterocycles. The quantitative estimate of drug-likeness (QED) is 0.352. The van der Waals surface area contributed by atoms with Crippen molar-refractivity contribution < 1.29 is 14.3 Å². The number of ether oxygens (including phenoxy) is 1. The first-order valence-corrected chi connectivity index (χ1v) is 13.7. The molecule has 188 valence electrons. The van der Waals surface area contributed by atoms with Crippen LogP contribution in [-0.4, -0.2) is 48.0 Å². The van der Waals surface area contributed by atoms with Gasteiger partial charge in [-0.15, -0.1) is 11.3 Å². The molecule has 1 aliphatic carbocycles. The second-order valence-electron chi connectivity index (χ2n) is 9.18. The molecule has 0 unspecified atom stereocenters. The van der Waals surface area contributed by atoms with Gasteiger partial charge in [0.15, 0.2) is 0 Å². The molecular weight excluding hydrogens is 517 g/mol. The highest BCUT2D eigenvalue weighted by molar-refractivity contribution is 7.10. The van der Waals surface area contributed by atoms with Gasteiger partial charge in [0.1, 0.15) is 18.9 Å². The van der Waals surface area contributed by atoms with Crippen LogP contribution in [0.25, 0.3) is 0 Å². The molecular formula is C27H27Cl2N3O3S. The number of carbonyl (C=O) groups is 2. The topological polar surface area (TPSA) is 61.9 Å². The van der Waals surface area contributed by atoms with Crippen LogP contribution in [0.1, 0.15) is 29.3 Å². The number of anilines is 1. The van der Waals surface area contributed by atoms with Crippen molar-refractivity contribution >= 4 is 52.2 Å². The van der Waals surface area contributed by atoms with Gasteiger partial charge in [0.25, 0.3) is 0 Å². The minimum absolute atomic E-state index is 0.0137. The Morgan fingerprint density at radius 1 is 1.08 bits per heavy atom. The highest BCUT2D eigenvalue weighted by atomic mass is 35.5. The Bertz CT molecular complexity index is 1230. The highest BCUT2D eigenvalue weighted by Gasteiger charge is 2.35. The Labute approximate surface area is 224 Å². The van der Waals surface area contributed by atoms with E-state index in [9.17, 15) is 9.59 Å². The van der Waals surface area contributed by atoms with Crippen LogP contribution in [0.2, 0.25) is 10.0 Å². The zero-order valence-corrected chi connectivity index (χ0v) is 22.0. The molecule has 2 heterocycles. The lowest BCUT2D eigenvalue weighted by Gasteiger charge is -2.37. The first kappa shape index (κ1) is 24.9. The van der Waals surface area contributed by atoms with Crippen molar-refractivity contribution in [1.82, 2.24) is 9.80 Å². The van der Waals surface area contributed by atoms with Crippen LogP contribution in [0.15, 0.2) is 60.0 Å². The number of hydrogen-bond donors (Lipinski definition) is 1. The molecule has 6 nitrogen and oxygen atoms in total. The van der Waals surface area contributed by atoms with Crippen LogP contribution in [-0.2, 0) is 11.2 Å². The summed E-state index contributed by atoms with van der Waals surface area (Å²) >= 11 is 13.8. The molecule has 2 aliphatic rings. The second-order valence-corrected chi connectivity index (χ2v) is 11.1. The van der Waals surface area contributed by atoms with Gasteiger partial charge in [0.2, 0.25) is 5.91 Å². The van der Waals surface area contributed by atoms with E-state index in [1.165, 1.54) is 4.88 Å². The number of thiophene rings is 1. The SMILES string of the molecule is O=C(Nc1cccc(Cl)c1)N(CC(=O)N1CCc2sccc2[C@@H]1COc1ccc(Cl)cc1)CC1CC1. The zero-order chi connectivity index (χ0) is 25.1. The largest absolute Gasteiger partial charge is 0.491 e. The van der Waals surface area contributed by atoms with E-state index in [0.717, 1.165) is 24.8 Å². The van der Waals surface area contributed by atoms with Gasteiger partial charge >= 0.3 is 6.03 Å². The maximum Gasteiger partial charge on any atom is 0.322 e. The predicted molar refractivity (Wildman–Crippen MR) is 144 cm³/mol. The summed E-state index contributed by atoms with van der Waals surface area (Å²) in [4.78, 5) is 31.5. The third kappa shape index (κ3) is 6.14. The number of carbonyl (C=O) groups excluding carboxylic acids is 2. The predicted octanol–water partition coefficient (Wildman–Crippen LogP) is 6.50. The summed E-state index contributed by atoms with van der Waals surface area (Å²) in [5.74, 6) is 1.06. The number of nitrogens with zero attached hydrogens (tertiary/aromatic N) is 2. The molecule has 2 aromatic carbocycles. The summed E-state index contributed by atoms with van der Waals surface area (Å²) in [6, 6.07) is 15.8. The molecule has 1 atom stereocenters. The van der Waals surface area contributed by atoms with Crippen LogP contribution in [0.3, 0.4) is 0 Å². The number of fused-ring (bicyclic) bond motifs is 1. The lowest BCUT2D eigenvalue weighted by atomic mass is 10.0. The summed E-state index contributed by atoms with van der Waals surface area (Å²) in [7, 11) is 0. The van der Waals surface area contributed by atoms with Crippen LogP contribution < -0.4 is 10.1 Å². The Balaban J connectivity index is 1.30. The van der Waals surface area contributed by atoms with Gasteiger partial charge < -0.3 is 19.9 Å². The molecule has 1 fully saturated rings. The fourth-order valence-electron chi connectivity index (χ4n) is 4.43. The molecule has 36 heavy (non-hydrogen) atoms. The minimum atomic E-state index is -0.292. The molecule has 3 aromatic rings. The number of nitrogens with one attached hydrogen (secondary N) is 1. The summed E-state index contributed by atoms with van der Waals surface area (Å²) in [5.41, 5.74) is 1.72. The molecule has 1 aromatic heterocycles. The molecule has 5 rings (SSSR count). The summed E-state index contributed by atoms with van der Waals surface area (Å²) < 4.78 is 6.07. The highest BCUT2D eigenvalue weighted by Crippen LogP contribution is 2.35. The number of rotatable bonds is 8. The summed E-state index contributed by atoms with van der Waals surface area (Å²) in [6.45, 7) is 1.49. The third-order valence-electron chi connectivity index (χ3n) is 6.50. The van der Waals surface area contributed by atoms with Gasteiger partial charge in [0.05, 0.1) is 6.04 Å². The van der Waals surface area contributed by atoms with Crippen molar-refractivity contribution in [3.63, 3.8) is 0 Å². The first-order chi connectivity index (χ1) is 17.5. The zero-order valence-electron chi connectivity index (χ0n) is 19.7. The normalized spacial score (nSPS) is 16.8. The molecule has 1 saturated carbocycles. The number of urea groups is 1. The van der Waals surface area contributed by atoms with E-state index in [0.29, 0.717) is 47.1 Å². The van der Waals surface area contributed by atoms with Gasteiger partial charge in [-0.1, -0.05) is 29.3 Å². The van der Waals surface area contributed by atoms with Gasteiger partial charge in [-0.3, -0.25) is 4.79 Å². The van der Waals surface area contributed by atoms with Crippen molar-refractivity contribution in [1.29, 1.82) is 0 Å². The van der Waals surface area contributed by atoms with E-state index in [1.54, 1.807) is 52.6 Å². The van der Waals surface area contributed by atoms with E-state index in [1.807, 2.05) is 17.0 Å². The molecule has 1 aliphatic heterocycles. The molecule has 0 radical (unpaired) electrons. The van der Waals surface area contributed by atoms with E-state index in [4.69, 9.17) is 27.9 Å². The van der Waals surface area contributed by atoms with Crippen molar-refractivity contribution in [2.24, 2.45) is 5.92 Å². The number of hydrogen-bond acceptors (Lipinski definition) is 4. The summed E-state index contributed by atoms with van der Waals surface area (Å²) in [5, 5.41) is 6.14. The average Bonchev–Trinajstić information content (AvgIpc) is 3.55. The van der Waals surface area contributed by atoms with Crippen molar-refractivity contribution in [3.8, 4) is 5.75 Å². The third-order valence-corrected chi connectivity index (χ3v) is 7.99. The molecule has 9 heteroatoms. The summed E-state index contributed by atoms with van der Waals surface area (Å²) in [6.07, 6.45) is 2.96. The molecule has 0 spiro atoms. The van der Waals surface area contributed by atoms with E-state index >= 15 is 0 Å². The Morgan fingerprint density at radius 2 is 1.89 bits per heavy atom. The fourth-order valence-corrected chi connectivity index (χ4v) is 5.68. The second kappa shape index (κ2) is 11.1. The maximum atomic E-state index is 13.6. The van der Waals surface area contributed by atoms with E-state index < -0.39 is 0 Å². The number of benzene rings is 2. The van der Waals surface area contributed by atoms with E-state index in [-0.39, 0.29) is 24.5 Å². The Hall–Kier alpha value is -2.74. The molecule has 3 amide bonds. The van der Waals surface area contributed by atoms with Crippen molar-refractivity contribution in [2.45, 2.75) is 25.3 Å². The smallest absolute Gasteiger partial charge is 0.322 e. The minimum Gasteiger partial charge on any atom is -0.491 e. The van der Waals surface area contributed by atoms with Crippen LogP contribution in [0.4, 0.5) is 10.5 Å². The van der Waals surface area contributed by atoms with Crippen LogP contribution in [0, 0.1) is 5.92 Å². The molecule has 1 N–H and O–H groups in total. The fraction of sp³-hybridized carbons (Fsp3) is 0.333. The van der Waals surface area contributed by atoms with Crippen LogP contribution in [0.5, 0.6) is 5.75 Å². The van der Waals surface area contributed by atoms with E-state index in [2.05, 4.69) is 16.8 Å². The van der Waals surface area contributed by atoms with Crippen molar-refractivity contribution in [3.05, 3.63) is 80.5 Å². The Morgan fingerprint density at radius 3 is 2.64 bits per heavy atom. The molecule has 0 bridgehead atoms. The van der Waals surface area contributed by atoms with Gasteiger partial charge in [-0.25, -0.2) is 4.79 Å². The lowest BCUT2D eigenvalue weighted by Crippen LogP contribution is -2.49. The van der Waals surface area contributed by atoms with Gasteiger partial charge in [0, 0.05) is 33.7 Å². The van der Waals surface area contributed by atoms with Crippen molar-refractivity contribution in [2.75, 3.05) is 31.6 Å². The van der Waals surface area contributed by atoms with Gasteiger partial charge in [-0.2, -0.15) is 0 Å². The average molecular weight is 545 g/mol. The van der Waals surface area contributed by atoms with Gasteiger partial charge in [-0.05, 0) is 84.7 Å². The number of halogens is 2. The maximum absolute atomic E-state index is 13.6. The van der Waals surface area contributed by atoms with Crippen LogP contribution >= 0.6 is 34.5 Å².